The summed E-state index contributed by atoms with van der Waals surface area (Å²) in [6.45, 7) is 3.07. The number of aliphatic hydroxyl groups is 2. The predicted octanol–water partition coefficient (Wildman–Crippen LogP) is 2.74. The normalized spacial score (nSPS) is 17.3. The van der Waals surface area contributed by atoms with Crippen LogP contribution in [-0.4, -0.2) is 96.3 Å². The van der Waals surface area contributed by atoms with Gasteiger partial charge in [0.25, 0.3) is 0 Å². The van der Waals surface area contributed by atoms with Crippen molar-refractivity contribution >= 4 is 17.7 Å². The summed E-state index contributed by atoms with van der Waals surface area (Å²) in [6, 6.07) is 8.02. The van der Waals surface area contributed by atoms with Gasteiger partial charge in [0.1, 0.15) is 12.1 Å². The van der Waals surface area contributed by atoms with E-state index in [9.17, 15) is 24.6 Å². The van der Waals surface area contributed by atoms with E-state index >= 15 is 0 Å². The minimum atomic E-state index is -1.17. The number of aliphatic hydroxyl groups excluding tert-OH is 2. The lowest BCUT2D eigenvalue weighted by molar-refractivity contribution is -0.137. The molecule has 1 aliphatic carbocycles. The first kappa shape index (κ1) is 36.3. The minimum absolute atomic E-state index is 0.0209. The van der Waals surface area contributed by atoms with Crippen LogP contribution in [-0.2, 0) is 20.8 Å². The molecule has 9 heteroatoms. The number of hydrogen-bond donors (Lipinski definition) is 4. The highest BCUT2D eigenvalue weighted by Gasteiger charge is 2.33. The maximum atomic E-state index is 13.6. The van der Waals surface area contributed by atoms with Crippen LogP contribution in [0.2, 0.25) is 0 Å². The van der Waals surface area contributed by atoms with Crippen molar-refractivity contribution < 1.29 is 24.6 Å². The highest BCUT2D eigenvalue weighted by atomic mass is 16.3. The molecular formula is C34H54N4O5. The third-order valence-electron chi connectivity index (χ3n) is 8.50. The van der Waals surface area contributed by atoms with Crippen molar-refractivity contribution in [3.8, 4) is 12.3 Å². The Morgan fingerprint density at radius 2 is 1.67 bits per heavy atom. The molecule has 0 aromatic heterocycles. The zero-order valence-electron chi connectivity index (χ0n) is 26.6. The van der Waals surface area contributed by atoms with Crippen molar-refractivity contribution in [1.29, 1.82) is 0 Å². The molecule has 0 bridgehead atoms. The molecule has 0 aliphatic heterocycles. The minimum Gasteiger partial charge on any atom is -0.390 e. The number of hydrogen-bond acceptors (Lipinski definition) is 6. The van der Waals surface area contributed by atoms with Crippen molar-refractivity contribution in [2.45, 2.75) is 102 Å². The SMILES string of the molecule is C#CCC[C@H](O)[C@H](O)[C@H](CC1CCCCC1)NC(=O)[C@H](CC)NC(=O)[C@@H](CC(=O)N(C)CCN(C)C)Cc1ccccc1. The molecule has 1 fully saturated rings. The number of nitrogens with zero attached hydrogens (tertiary/aromatic N) is 2. The molecule has 0 spiro atoms. The number of carbonyl (C=O) groups excluding carboxylic acids is 3. The molecule has 1 aromatic carbocycles. The molecule has 1 saturated carbocycles. The summed E-state index contributed by atoms with van der Waals surface area (Å²) in [7, 11) is 5.62. The molecule has 3 amide bonds. The van der Waals surface area contributed by atoms with Gasteiger partial charge in [-0.2, -0.15) is 0 Å². The second kappa shape index (κ2) is 19.4. The zero-order chi connectivity index (χ0) is 31.8. The second-order valence-electron chi connectivity index (χ2n) is 12.3. The van der Waals surface area contributed by atoms with Gasteiger partial charge >= 0.3 is 0 Å². The topological polar surface area (TPSA) is 122 Å². The van der Waals surface area contributed by atoms with Crippen molar-refractivity contribution in [3.05, 3.63) is 35.9 Å². The van der Waals surface area contributed by atoms with Gasteiger partial charge in [-0.15, -0.1) is 12.3 Å². The van der Waals surface area contributed by atoms with E-state index in [1.165, 1.54) is 6.42 Å². The molecule has 43 heavy (non-hydrogen) atoms. The van der Waals surface area contributed by atoms with E-state index in [0.29, 0.717) is 44.7 Å². The number of nitrogens with one attached hydrogen (secondary N) is 2. The second-order valence-corrected chi connectivity index (χ2v) is 12.3. The molecular weight excluding hydrogens is 544 g/mol. The van der Waals surface area contributed by atoms with Crippen LogP contribution >= 0.6 is 0 Å². The monoisotopic (exact) mass is 598 g/mol. The van der Waals surface area contributed by atoms with Gasteiger partial charge in [0, 0.05) is 33.0 Å². The fraction of sp³-hybridized carbons (Fsp3) is 0.676. The highest BCUT2D eigenvalue weighted by molar-refractivity contribution is 5.91. The van der Waals surface area contributed by atoms with Crippen LogP contribution < -0.4 is 10.6 Å². The first-order valence-corrected chi connectivity index (χ1v) is 15.9. The van der Waals surface area contributed by atoms with Crippen LogP contribution in [0.4, 0.5) is 0 Å². The molecule has 5 atom stereocenters. The summed E-state index contributed by atoms with van der Waals surface area (Å²) in [4.78, 5) is 43.9. The number of carbonyl (C=O) groups is 3. The van der Waals surface area contributed by atoms with Crippen LogP contribution in [0.5, 0.6) is 0 Å². The fourth-order valence-electron chi connectivity index (χ4n) is 5.66. The van der Waals surface area contributed by atoms with Gasteiger partial charge in [0.05, 0.1) is 18.1 Å². The number of terminal acetylenes is 1. The number of likely N-dealkylation sites (N-methyl/N-ethyl adjacent to an activating group) is 2. The number of amides is 3. The maximum Gasteiger partial charge on any atom is 0.242 e. The van der Waals surface area contributed by atoms with Crippen LogP contribution in [0, 0.1) is 24.2 Å². The molecule has 0 heterocycles. The third kappa shape index (κ3) is 13.1. The summed E-state index contributed by atoms with van der Waals surface area (Å²) in [5.74, 6) is 1.27. The Hall–Kier alpha value is -2.93. The molecule has 1 aliphatic rings. The molecule has 0 unspecified atom stereocenters. The summed E-state index contributed by atoms with van der Waals surface area (Å²) in [5.41, 5.74) is 0.931. The third-order valence-corrected chi connectivity index (χ3v) is 8.50. The number of benzene rings is 1. The van der Waals surface area contributed by atoms with Crippen molar-refractivity contribution in [2.24, 2.45) is 11.8 Å². The van der Waals surface area contributed by atoms with E-state index in [1.54, 1.807) is 11.9 Å². The average Bonchev–Trinajstić information content (AvgIpc) is 3.00. The lowest BCUT2D eigenvalue weighted by Crippen LogP contribution is -2.55. The lowest BCUT2D eigenvalue weighted by atomic mass is 9.82. The van der Waals surface area contributed by atoms with Crippen molar-refractivity contribution in [1.82, 2.24) is 20.4 Å². The molecule has 240 valence electrons. The Bertz CT molecular complexity index is 1020. The molecule has 1 aromatic rings. The lowest BCUT2D eigenvalue weighted by Gasteiger charge is -2.33. The Labute approximate surface area is 258 Å². The van der Waals surface area contributed by atoms with Gasteiger partial charge in [-0.3, -0.25) is 14.4 Å². The van der Waals surface area contributed by atoms with Gasteiger partial charge < -0.3 is 30.6 Å². The van der Waals surface area contributed by atoms with Crippen LogP contribution in [0.25, 0.3) is 0 Å². The Morgan fingerprint density at radius 1 is 1.00 bits per heavy atom. The molecule has 2 rings (SSSR count). The molecule has 9 nitrogen and oxygen atoms in total. The Kier molecular flexibility index (Phi) is 16.3. The standard InChI is InChI=1S/C34H54N4O5/c1-6-8-19-30(39)32(41)29(23-26-17-13-10-14-18-26)36-34(43)28(7-2)35-33(42)27(22-25-15-11-9-12-16-25)24-31(40)38(5)21-20-37(3)4/h1,9,11-12,15-16,26-30,32,39,41H,7-8,10,13-14,17-24H2,2-5H3,(H,35,42)(H,36,43)/t27-,28+,29+,30+,32-/m1/s1. The van der Waals surface area contributed by atoms with E-state index in [-0.39, 0.29) is 24.7 Å². The van der Waals surface area contributed by atoms with Crippen LogP contribution in [0.15, 0.2) is 30.3 Å². The highest BCUT2D eigenvalue weighted by Crippen LogP contribution is 2.29. The first-order chi connectivity index (χ1) is 20.5. The van der Waals surface area contributed by atoms with E-state index in [2.05, 4.69) is 16.6 Å². The van der Waals surface area contributed by atoms with E-state index < -0.39 is 36.1 Å². The van der Waals surface area contributed by atoms with Gasteiger partial charge in [0.15, 0.2) is 0 Å². The van der Waals surface area contributed by atoms with E-state index in [0.717, 1.165) is 31.2 Å². The molecule has 4 N–H and O–H groups in total. The van der Waals surface area contributed by atoms with E-state index in [1.807, 2.05) is 56.3 Å². The van der Waals surface area contributed by atoms with Crippen LogP contribution in [0.1, 0.15) is 76.7 Å². The summed E-state index contributed by atoms with van der Waals surface area (Å²) in [6.07, 6.45) is 10.4. The van der Waals surface area contributed by atoms with Crippen molar-refractivity contribution in [3.63, 3.8) is 0 Å². The number of rotatable bonds is 18. The van der Waals surface area contributed by atoms with Gasteiger partial charge in [-0.05, 0) is 51.3 Å². The molecule has 0 radical (unpaired) electrons. The summed E-state index contributed by atoms with van der Waals surface area (Å²) in [5, 5.41) is 27.5. The largest absolute Gasteiger partial charge is 0.390 e. The fourth-order valence-corrected chi connectivity index (χ4v) is 5.66. The van der Waals surface area contributed by atoms with Gasteiger partial charge in [0.2, 0.25) is 17.7 Å². The smallest absolute Gasteiger partial charge is 0.242 e. The average molecular weight is 599 g/mol. The Balaban J connectivity index is 2.16. The predicted molar refractivity (Wildman–Crippen MR) is 170 cm³/mol. The quantitative estimate of drug-likeness (QED) is 0.193. The first-order valence-electron chi connectivity index (χ1n) is 15.9. The summed E-state index contributed by atoms with van der Waals surface area (Å²) >= 11 is 0. The maximum absolute atomic E-state index is 13.6. The van der Waals surface area contributed by atoms with Crippen LogP contribution in [0.3, 0.4) is 0 Å². The van der Waals surface area contributed by atoms with E-state index in [4.69, 9.17) is 6.42 Å². The summed E-state index contributed by atoms with van der Waals surface area (Å²) < 4.78 is 0. The zero-order valence-corrected chi connectivity index (χ0v) is 26.6. The Morgan fingerprint density at radius 3 is 2.28 bits per heavy atom. The van der Waals surface area contributed by atoms with Crippen molar-refractivity contribution in [2.75, 3.05) is 34.2 Å². The molecule has 0 saturated heterocycles. The van der Waals surface area contributed by atoms with Gasteiger partial charge in [-0.25, -0.2) is 0 Å². The van der Waals surface area contributed by atoms with Gasteiger partial charge in [-0.1, -0.05) is 69.4 Å².